The van der Waals surface area contributed by atoms with E-state index in [-0.39, 0.29) is 0 Å². The van der Waals surface area contributed by atoms with Crippen molar-refractivity contribution in [2.75, 3.05) is 5.73 Å². The van der Waals surface area contributed by atoms with Crippen molar-refractivity contribution in [3.63, 3.8) is 0 Å². The molecular weight excluding hydrogens is 150 g/mol. The van der Waals surface area contributed by atoms with Gasteiger partial charge in [0.25, 0.3) is 0 Å². The minimum Gasteiger partial charge on any atom is -0.384 e. The first kappa shape index (κ1) is 8.84. The van der Waals surface area contributed by atoms with Crippen LogP contribution in [-0.4, -0.2) is 9.55 Å². The van der Waals surface area contributed by atoms with Crippen LogP contribution in [0.3, 0.4) is 0 Å². The third kappa shape index (κ3) is 1.35. The molecule has 1 heterocycles. The summed E-state index contributed by atoms with van der Waals surface area (Å²) in [7, 11) is 0. The van der Waals surface area contributed by atoms with Crippen LogP contribution in [0.5, 0.6) is 0 Å². The van der Waals surface area contributed by atoms with Crippen LogP contribution in [0.1, 0.15) is 18.4 Å². The molecule has 1 rings (SSSR count). The van der Waals surface area contributed by atoms with Gasteiger partial charge in [0, 0.05) is 6.54 Å². The fourth-order valence-electron chi connectivity index (χ4n) is 1.26. The Hall–Kier alpha value is -1.25. The lowest BCUT2D eigenvalue weighted by Crippen LogP contribution is -2.03. The molecule has 1 aromatic rings. The summed E-state index contributed by atoms with van der Waals surface area (Å²) in [6, 6.07) is 0. The molecule has 0 aliphatic carbocycles. The first-order valence-corrected chi connectivity index (χ1v) is 4.13. The molecule has 0 amide bonds. The zero-order chi connectivity index (χ0) is 9.14. The van der Waals surface area contributed by atoms with Gasteiger partial charge in [-0.2, -0.15) is 0 Å². The zero-order valence-electron chi connectivity index (χ0n) is 7.67. The molecule has 66 valence electrons. The third-order valence-electron chi connectivity index (χ3n) is 1.92. The topological polar surface area (TPSA) is 43.8 Å². The maximum atomic E-state index is 5.85. The molecular formula is C9H15N3. The summed E-state index contributed by atoms with van der Waals surface area (Å²) in [4.78, 5) is 4.34. The Morgan fingerprint density at radius 3 is 2.75 bits per heavy atom. The number of nitrogen functional groups attached to an aromatic ring is 1. The van der Waals surface area contributed by atoms with Crippen LogP contribution >= 0.6 is 0 Å². The number of hydrogen-bond acceptors (Lipinski definition) is 2. The number of anilines is 1. The molecule has 0 saturated carbocycles. The lowest BCUT2D eigenvalue weighted by molar-refractivity contribution is 0.792. The molecule has 0 spiro atoms. The van der Waals surface area contributed by atoms with Crippen molar-refractivity contribution >= 4 is 5.82 Å². The molecule has 0 atom stereocenters. The predicted octanol–water partition coefficient (Wildman–Crippen LogP) is 1.52. The minimum atomic E-state index is 0.741. The second kappa shape index (κ2) is 3.43. The van der Waals surface area contributed by atoms with Gasteiger partial charge < -0.3 is 10.3 Å². The van der Waals surface area contributed by atoms with Gasteiger partial charge in [0.05, 0.1) is 5.69 Å². The van der Waals surface area contributed by atoms with Crippen molar-refractivity contribution in [1.82, 2.24) is 9.55 Å². The summed E-state index contributed by atoms with van der Waals surface area (Å²) in [5.74, 6) is 1.74. The first-order valence-electron chi connectivity index (χ1n) is 4.13. The molecule has 2 N–H and O–H groups in total. The molecule has 0 radical (unpaired) electrons. The summed E-state index contributed by atoms with van der Waals surface area (Å²) in [6.45, 7) is 8.42. The van der Waals surface area contributed by atoms with Gasteiger partial charge in [0.1, 0.15) is 11.6 Å². The van der Waals surface area contributed by atoms with Gasteiger partial charge in [0.2, 0.25) is 0 Å². The Morgan fingerprint density at radius 1 is 1.67 bits per heavy atom. The first-order chi connectivity index (χ1) is 5.70. The Kier molecular flexibility index (Phi) is 2.53. The normalized spacial score (nSPS) is 10.2. The lowest BCUT2D eigenvalue weighted by Gasteiger charge is -2.02. The van der Waals surface area contributed by atoms with E-state index in [1.165, 1.54) is 0 Å². The lowest BCUT2D eigenvalue weighted by atomic mass is 10.3. The quantitative estimate of drug-likeness (QED) is 0.690. The Bertz CT molecular complexity index is 286. The Labute approximate surface area is 72.9 Å². The second-order valence-electron chi connectivity index (χ2n) is 2.74. The molecule has 1 aromatic heterocycles. The number of aryl methyl sites for hydroxylation is 2. The molecule has 0 aliphatic heterocycles. The van der Waals surface area contributed by atoms with E-state index in [1.807, 2.05) is 17.6 Å². The molecule has 3 heteroatoms. The second-order valence-corrected chi connectivity index (χ2v) is 2.74. The highest BCUT2D eigenvalue weighted by molar-refractivity contribution is 5.38. The molecule has 12 heavy (non-hydrogen) atoms. The molecule has 0 fully saturated rings. The van der Waals surface area contributed by atoms with Crippen LogP contribution in [0.2, 0.25) is 0 Å². The Balaban J connectivity index is 3.09. The SMILES string of the molecule is C=CCn1c(C)nc(CC)c1N. The fourth-order valence-corrected chi connectivity index (χ4v) is 1.26. The van der Waals surface area contributed by atoms with Crippen LogP contribution in [0.25, 0.3) is 0 Å². The van der Waals surface area contributed by atoms with Crippen molar-refractivity contribution < 1.29 is 0 Å². The van der Waals surface area contributed by atoms with E-state index in [4.69, 9.17) is 5.73 Å². The van der Waals surface area contributed by atoms with Gasteiger partial charge in [-0.3, -0.25) is 0 Å². The van der Waals surface area contributed by atoms with Crippen molar-refractivity contribution in [3.05, 3.63) is 24.2 Å². The zero-order valence-corrected chi connectivity index (χ0v) is 7.67. The van der Waals surface area contributed by atoms with Gasteiger partial charge in [-0.15, -0.1) is 6.58 Å². The van der Waals surface area contributed by atoms with Crippen molar-refractivity contribution in [3.8, 4) is 0 Å². The maximum Gasteiger partial charge on any atom is 0.127 e. The highest BCUT2D eigenvalue weighted by atomic mass is 15.1. The van der Waals surface area contributed by atoms with E-state index >= 15 is 0 Å². The summed E-state index contributed by atoms with van der Waals surface area (Å²) >= 11 is 0. The summed E-state index contributed by atoms with van der Waals surface area (Å²) < 4.78 is 1.96. The van der Waals surface area contributed by atoms with E-state index in [2.05, 4.69) is 18.5 Å². The summed E-state index contributed by atoms with van der Waals surface area (Å²) in [5, 5.41) is 0. The van der Waals surface area contributed by atoms with E-state index in [0.29, 0.717) is 0 Å². The van der Waals surface area contributed by atoms with E-state index < -0.39 is 0 Å². The highest BCUT2D eigenvalue weighted by Crippen LogP contribution is 2.14. The Morgan fingerprint density at radius 2 is 2.33 bits per heavy atom. The molecule has 0 aromatic carbocycles. The van der Waals surface area contributed by atoms with Crippen LogP contribution in [0.15, 0.2) is 12.7 Å². The number of nitrogens with two attached hydrogens (primary N) is 1. The monoisotopic (exact) mass is 165 g/mol. The van der Waals surface area contributed by atoms with Crippen molar-refractivity contribution in [2.24, 2.45) is 0 Å². The molecule has 0 bridgehead atoms. The fraction of sp³-hybridized carbons (Fsp3) is 0.444. The average molecular weight is 165 g/mol. The number of nitrogens with zero attached hydrogens (tertiary/aromatic N) is 2. The van der Waals surface area contributed by atoms with Crippen LogP contribution < -0.4 is 5.73 Å². The van der Waals surface area contributed by atoms with Crippen LogP contribution in [-0.2, 0) is 13.0 Å². The number of rotatable bonds is 3. The van der Waals surface area contributed by atoms with Gasteiger partial charge >= 0.3 is 0 Å². The maximum absolute atomic E-state index is 5.85. The smallest absolute Gasteiger partial charge is 0.127 e. The summed E-state index contributed by atoms with van der Waals surface area (Å²) in [5.41, 5.74) is 6.83. The predicted molar refractivity (Wildman–Crippen MR) is 51.0 cm³/mol. The molecule has 0 unspecified atom stereocenters. The van der Waals surface area contributed by atoms with E-state index in [1.54, 1.807) is 0 Å². The number of allylic oxidation sites excluding steroid dienone is 1. The minimum absolute atomic E-state index is 0.741. The molecule has 0 aliphatic rings. The van der Waals surface area contributed by atoms with Crippen molar-refractivity contribution in [1.29, 1.82) is 0 Å². The third-order valence-corrected chi connectivity index (χ3v) is 1.92. The van der Waals surface area contributed by atoms with Crippen molar-refractivity contribution in [2.45, 2.75) is 26.8 Å². The number of hydrogen-bond donors (Lipinski definition) is 1. The van der Waals surface area contributed by atoms with Gasteiger partial charge in [-0.1, -0.05) is 13.0 Å². The number of aromatic nitrogens is 2. The van der Waals surface area contributed by atoms with Crippen LogP contribution in [0, 0.1) is 6.92 Å². The van der Waals surface area contributed by atoms with E-state index in [0.717, 1.165) is 30.3 Å². The number of imidazole rings is 1. The standard InChI is InChI=1S/C9H15N3/c1-4-6-12-7(3)11-8(5-2)9(12)10/h4H,1,5-6,10H2,2-3H3. The molecule has 3 nitrogen and oxygen atoms in total. The van der Waals surface area contributed by atoms with Gasteiger partial charge in [0.15, 0.2) is 0 Å². The van der Waals surface area contributed by atoms with Crippen LogP contribution in [0.4, 0.5) is 5.82 Å². The van der Waals surface area contributed by atoms with Gasteiger partial charge in [-0.25, -0.2) is 4.98 Å². The molecule has 0 saturated heterocycles. The highest BCUT2D eigenvalue weighted by Gasteiger charge is 2.07. The average Bonchev–Trinajstić information content (AvgIpc) is 2.32. The largest absolute Gasteiger partial charge is 0.384 e. The van der Waals surface area contributed by atoms with E-state index in [9.17, 15) is 0 Å². The summed E-state index contributed by atoms with van der Waals surface area (Å²) in [6.07, 6.45) is 2.71. The van der Waals surface area contributed by atoms with Gasteiger partial charge in [-0.05, 0) is 13.3 Å².